The average molecular weight is 889 g/mol. The van der Waals surface area contributed by atoms with Crippen molar-refractivity contribution in [3.63, 3.8) is 0 Å². The summed E-state index contributed by atoms with van der Waals surface area (Å²) in [4.78, 5) is 14.4. The first-order valence-electron chi connectivity index (χ1n) is 23.0. The van der Waals surface area contributed by atoms with Gasteiger partial charge in [-0.15, -0.1) is 0 Å². The molecule has 15 heteroatoms. The number of rotatable bonds is 8. The van der Waals surface area contributed by atoms with E-state index in [9.17, 15) is 25.2 Å². The van der Waals surface area contributed by atoms with Gasteiger partial charge in [0, 0.05) is 51.7 Å². The van der Waals surface area contributed by atoms with Crippen LogP contribution in [0.5, 0.6) is 0 Å². The molecule has 6 heterocycles. The molecule has 2 bridgehead atoms. The lowest BCUT2D eigenvalue weighted by Gasteiger charge is -2.49. The SMILES string of the molecule is CC[C@H](C)[C@H]1O[C@]2(C=C[C@@H]1C)C[C@@H]1C[C@@H](C/C=C(\C)[C@@H](O[C@H]3C[C@H](OC)[C@@H](O[C@H]4C[C@H](OC)[C@@H](O)[C@H](C)O4)[C@H](C)O3)[C@@H](C)/C=C/C=C3\CO[C@]4(O)[C@H](O)C(C)=C[C@@H](C(=O)O1)[C@]34O)O2. The topological polar surface area (TPSA) is 190 Å². The second-order valence-corrected chi connectivity index (χ2v) is 19.1. The fraction of sp³-hybridized carbons (Fsp3) is 0.771. The average Bonchev–Trinajstić information content (AvgIpc) is 3.52. The van der Waals surface area contributed by atoms with Gasteiger partial charge in [-0.1, -0.05) is 70.6 Å². The Morgan fingerprint density at radius 3 is 2.29 bits per heavy atom. The Labute approximate surface area is 372 Å². The molecule has 1 aliphatic carbocycles. The van der Waals surface area contributed by atoms with Crippen molar-refractivity contribution in [2.45, 2.75) is 191 Å². The van der Waals surface area contributed by atoms with Crippen molar-refractivity contribution >= 4 is 5.97 Å². The van der Waals surface area contributed by atoms with E-state index in [-0.39, 0.29) is 48.0 Å². The van der Waals surface area contributed by atoms with E-state index in [1.807, 2.05) is 32.9 Å². The highest BCUT2D eigenvalue weighted by Gasteiger charge is 2.69. The minimum absolute atomic E-state index is 0.132. The highest BCUT2D eigenvalue weighted by molar-refractivity contribution is 5.79. The van der Waals surface area contributed by atoms with E-state index in [1.54, 1.807) is 40.2 Å². The van der Waals surface area contributed by atoms with Crippen molar-refractivity contribution in [2.24, 2.45) is 23.7 Å². The van der Waals surface area contributed by atoms with Crippen LogP contribution in [0.4, 0.5) is 0 Å². The molecule has 6 aliphatic heterocycles. The van der Waals surface area contributed by atoms with Gasteiger partial charge < -0.3 is 67.8 Å². The molecule has 4 saturated heterocycles. The Morgan fingerprint density at radius 2 is 1.57 bits per heavy atom. The molecule has 0 unspecified atom stereocenters. The molecule has 0 saturated carbocycles. The van der Waals surface area contributed by atoms with E-state index < -0.39 is 103 Å². The third-order valence-corrected chi connectivity index (χ3v) is 14.6. The molecule has 4 N–H and O–H groups in total. The number of hydrogen-bond acceptors (Lipinski definition) is 15. The number of esters is 1. The summed E-state index contributed by atoms with van der Waals surface area (Å²) in [5.74, 6) is -5.71. The monoisotopic (exact) mass is 888 g/mol. The molecule has 0 aromatic heterocycles. The number of fused-ring (bicyclic) bond motifs is 2. The van der Waals surface area contributed by atoms with Crippen LogP contribution in [0.1, 0.15) is 93.9 Å². The predicted molar refractivity (Wildman–Crippen MR) is 228 cm³/mol. The molecule has 20 atom stereocenters. The minimum atomic E-state index is -2.51. The number of aliphatic hydroxyl groups excluding tert-OH is 2. The van der Waals surface area contributed by atoms with Gasteiger partial charge in [0.05, 0.1) is 49.3 Å². The van der Waals surface area contributed by atoms with Gasteiger partial charge in [0.2, 0.25) is 5.79 Å². The molecule has 0 amide bonds. The summed E-state index contributed by atoms with van der Waals surface area (Å²) in [5, 5.41) is 46.1. The van der Waals surface area contributed by atoms with Crippen LogP contribution in [0.3, 0.4) is 0 Å². The van der Waals surface area contributed by atoms with Crippen molar-refractivity contribution < 1.29 is 72.6 Å². The fourth-order valence-corrected chi connectivity index (χ4v) is 10.6. The van der Waals surface area contributed by atoms with E-state index in [2.05, 4.69) is 32.9 Å². The maximum Gasteiger partial charge on any atom is 0.316 e. The van der Waals surface area contributed by atoms with Crippen LogP contribution in [0.2, 0.25) is 0 Å². The summed E-state index contributed by atoms with van der Waals surface area (Å²) < 4.78 is 63.2. The van der Waals surface area contributed by atoms with Crippen molar-refractivity contribution in [1.29, 1.82) is 0 Å². The van der Waals surface area contributed by atoms with Crippen LogP contribution in [-0.2, 0) is 52.2 Å². The van der Waals surface area contributed by atoms with Gasteiger partial charge in [-0.2, -0.15) is 0 Å². The summed E-state index contributed by atoms with van der Waals surface area (Å²) in [7, 11) is 3.19. The normalized spacial score (nSPS) is 49.7. The molecule has 354 valence electrons. The molecule has 63 heavy (non-hydrogen) atoms. The van der Waals surface area contributed by atoms with E-state index in [4.69, 9.17) is 47.4 Å². The molecule has 15 nitrogen and oxygen atoms in total. The van der Waals surface area contributed by atoms with Gasteiger partial charge >= 0.3 is 5.97 Å². The van der Waals surface area contributed by atoms with Crippen molar-refractivity contribution in [3.8, 4) is 0 Å². The first-order valence-corrected chi connectivity index (χ1v) is 23.0. The van der Waals surface area contributed by atoms with Crippen LogP contribution < -0.4 is 0 Å². The largest absolute Gasteiger partial charge is 0.462 e. The molecule has 0 aromatic carbocycles. The molecule has 4 fully saturated rings. The Hall–Kier alpha value is -2.35. The van der Waals surface area contributed by atoms with E-state index in [1.165, 1.54) is 6.08 Å². The van der Waals surface area contributed by atoms with Crippen LogP contribution in [0.15, 0.2) is 59.3 Å². The zero-order chi connectivity index (χ0) is 45.6. The Morgan fingerprint density at radius 1 is 0.873 bits per heavy atom. The van der Waals surface area contributed by atoms with Gasteiger partial charge in [-0.3, -0.25) is 4.79 Å². The standard InChI is InChI=1S/C48H72O15/c1-11-25(2)42-28(5)17-18-46(63-42)23-34-20-33(62-46)16-15-27(4)41(60-39-22-37(55-10)43(31(8)58-39)61-38-21-36(54-9)40(49)30(7)57-38)26(3)13-12-14-32-24-56-48(53)44(50)29(6)19-35(45(51)59-34)47(32,48)52/h12-15,17-19,25-26,28,30-31,33-44,49-50,52-53H,11,16,20-24H2,1-10H3/b13-12+,27-15+,32-14+/t25-,26-,28-,30-,31-,33+,34-,35-,36-,37-,38-,39-,40-,41-,42+,43-,44+,46+,47+,48+/m0/s1. The number of carbonyl (C=O) groups excluding carboxylic acids is 1. The molecule has 0 radical (unpaired) electrons. The summed E-state index contributed by atoms with van der Waals surface area (Å²) in [6.07, 6.45) is 7.83. The second-order valence-electron chi connectivity index (χ2n) is 19.1. The maximum atomic E-state index is 14.4. The maximum absolute atomic E-state index is 14.4. The molecule has 0 aromatic rings. The lowest BCUT2D eigenvalue weighted by Crippen LogP contribution is -2.66. The van der Waals surface area contributed by atoms with E-state index >= 15 is 0 Å². The van der Waals surface area contributed by atoms with Crippen LogP contribution in [0.25, 0.3) is 0 Å². The van der Waals surface area contributed by atoms with Crippen LogP contribution >= 0.6 is 0 Å². The molecular formula is C48H72O15. The zero-order valence-electron chi connectivity index (χ0n) is 38.6. The van der Waals surface area contributed by atoms with Gasteiger partial charge in [0.25, 0.3) is 0 Å². The number of ether oxygens (including phenoxy) is 10. The lowest BCUT2D eigenvalue weighted by atomic mass is 9.68. The third kappa shape index (κ3) is 9.47. The van der Waals surface area contributed by atoms with E-state index in [0.29, 0.717) is 25.7 Å². The third-order valence-electron chi connectivity index (χ3n) is 14.6. The smallest absolute Gasteiger partial charge is 0.316 e. The highest BCUT2D eigenvalue weighted by Crippen LogP contribution is 2.51. The van der Waals surface area contributed by atoms with Gasteiger partial charge in [-0.05, 0) is 62.8 Å². The van der Waals surface area contributed by atoms with E-state index in [0.717, 1.165) is 12.0 Å². The number of allylic oxidation sites excluding steroid dienone is 2. The Kier molecular flexibility index (Phi) is 15.0. The Bertz CT molecular complexity index is 1780. The van der Waals surface area contributed by atoms with Crippen LogP contribution in [0, 0.1) is 23.7 Å². The first kappa shape index (κ1) is 48.6. The van der Waals surface area contributed by atoms with Gasteiger partial charge in [0.15, 0.2) is 24.0 Å². The lowest BCUT2D eigenvalue weighted by molar-refractivity contribution is -0.318. The number of hydrogen-bond donors (Lipinski definition) is 4. The van der Waals surface area contributed by atoms with Crippen molar-refractivity contribution in [3.05, 3.63) is 59.3 Å². The Balaban J connectivity index is 1.20. The summed E-state index contributed by atoms with van der Waals surface area (Å²) in [6.45, 7) is 15.5. The summed E-state index contributed by atoms with van der Waals surface area (Å²) in [5.41, 5.74) is -0.939. The van der Waals surface area contributed by atoms with Gasteiger partial charge in [-0.25, -0.2) is 0 Å². The zero-order valence-corrected chi connectivity index (χ0v) is 38.6. The number of methoxy groups -OCH3 is 2. The highest BCUT2D eigenvalue weighted by atomic mass is 16.7. The predicted octanol–water partition coefficient (Wildman–Crippen LogP) is 4.70. The van der Waals surface area contributed by atoms with Gasteiger partial charge in [0.1, 0.15) is 30.3 Å². The van der Waals surface area contributed by atoms with Crippen LogP contribution in [-0.4, -0.2) is 144 Å². The molecule has 7 aliphatic rings. The molecule has 7 rings (SSSR count). The second kappa shape index (κ2) is 19.5. The van der Waals surface area contributed by atoms with Crippen molar-refractivity contribution in [2.75, 3.05) is 20.8 Å². The summed E-state index contributed by atoms with van der Waals surface area (Å²) in [6, 6.07) is 0. The molecule has 1 spiro atoms. The molecular weight excluding hydrogens is 817 g/mol. The quantitative estimate of drug-likeness (QED) is 0.194. The first-order chi connectivity index (χ1) is 29.9. The number of carbonyl (C=O) groups is 1. The minimum Gasteiger partial charge on any atom is -0.462 e. The fourth-order valence-electron chi connectivity index (χ4n) is 10.6. The summed E-state index contributed by atoms with van der Waals surface area (Å²) >= 11 is 0. The van der Waals surface area contributed by atoms with Crippen molar-refractivity contribution in [1.82, 2.24) is 0 Å². The number of aliphatic hydroxyl groups is 4.